The van der Waals surface area contributed by atoms with Gasteiger partial charge < -0.3 is 15.0 Å². The normalized spacial score (nSPS) is 24.7. The summed E-state index contributed by atoms with van der Waals surface area (Å²) in [5, 5.41) is 15.7. The van der Waals surface area contributed by atoms with Gasteiger partial charge in [-0.05, 0) is 110 Å². The van der Waals surface area contributed by atoms with Crippen molar-refractivity contribution in [2.75, 3.05) is 81.5 Å². The third kappa shape index (κ3) is 9.99. The molecule has 2 saturated heterocycles. The zero-order valence-corrected chi connectivity index (χ0v) is 37.6. The van der Waals surface area contributed by atoms with Crippen LogP contribution in [-0.4, -0.2) is 106 Å². The Morgan fingerprint density at radius 1 is 0.934 bits per heavy atom. The van der Waals surface area contributed by atoms with Crippen molar-refractivity contribution in [2.24, 2.45) is 16.2 Å². The molecule has 4 aliphatic carbocycles. The summed E-state index contributed by atoms with van der Waals surface area (Å²) < 4.78 is 34.6. The molecule has 0 spiro atoms. The molecule has 328 valence electrons. The van der Waals surface area contributed by atoms with E-state index in [2.05, 4.69) is 45.5 Å². The molecule has 9 rings (SSSR count). The van der Waals surface area contributed by atoms with Crippen LogP contribution in [0.4, 0.5) is 17.1 Å². The predicted molar refractivity (Wildman–Crippen MR) is 243 cm³/mol. The van der Waals surface area contributed by atoms with Gasteiger partial charge in [0.25, 0.3) is 21.6 Å². The molecule has 1 amide bonds. The molecule has 1 atom stereocenters. The SMILES string of the molecule is CCC12CC(C3=C(CN4CCN(c5ccc(C(=O)NS(=O)(=O)c6ccc(N[C@H](CCN7CCOCC7)CSc7ccccc7)c([N+](=O)[O-])c6)cc5)CC4)CCC(C)(C)C3)(C1)C2. The Bertz CT molecular complexity index is 2180. The third-order valence-electron chi connectivity index (χ3n) is 14.2. The minimum Gasteiger partial charge on any atom is -0.379 e. The Labute approximate surface area is 366 Å². The second kappa shape index (κ2) is 18.0. The van der Waals surface area contributed by atoms with Crippen molar-refractivity contribution >= 4 is 44.8 Å². The number of rotatable bonds is 17. The van der Waals surface area contributed by atoms with E-state index >= 15 is 0 Å². The quantitative estimate of drug-likeness (QED) is 0.0588. The molecule has 2 bridgehead atoms. The highest BCUT2D eigenvalue weighted by atomic mass is 32.2. The molecule has 3 saturated carbocycles. The maximum atomic E-state index is 13.5. The van der Waals surface area contributed by atoms with Gasteiger partial charge in [0.2, 0.25) is 0 Å². The number of hydrogen-bond donors (Lipinski definition) is 2. The summed E-state index contributed by atoms with van der Waals surface area (Å²) in [6.07, 6.45) is 9.97. The molecule has 0 radical (unpaired) electrons. The van der Waals surface area contributed by atoms with Crippen molar-refractivity contribution in [1.82, 2.24) is 14.5 Å². The van der Waals surface area contributed by atoms with E-state index in [1.54, 1.807) is 35.0 Å². The van der Waals surface area contributed by atoms with Gasteiger partial charge in [-0.1, -0.05) is 56.5 Å². The first kappa shape index (κ1) is 43.7. The number of sulfonamides is 1. The molecule has 2 heterocycles. The molecular formula is C47H62N6O6S2. The van der Waals surface area contributed by atoms with Gasteiger partial charge in [0, 0.05) is 86.4 Å². The molecule has 61 heavy (non-hydrogen) atoms. The smallest absolute Gasteiger partial charge is 0.293 e. The molecule has 6 aliphatic rings. The fourth-order valence-electron chi connectivity index (χ4n) is 10.5. The first-order valence-electron chi connectivity index (χ1n) is 22.1. The number of morpholine rings is 1. The van der Waals surface area contributed by atoms with Crippen molar-refractivity contribution < 1.29 is 22.9 Å². The number of piperazine rings is 1. The lowest BCUT2D eigenvalue weighted by atomic mass is 9.31. The van der Waals surface area contributed by atoms with E-state index in [0.717, 1.165) is 75.4 Å². The van der Waals surface area contributed by atoms with E-state index in [0.29, 0.717) is 35.2 Å². The number of ether oxygens (including phenoxy) is 1. The number of nitro benzene ring substituents is 1. The number of benzene rings is 3. The highest BCUT2D eigenvalue weighted by Crippen LogP contribution is 2.79. The predicted octanol–water partition coefficient (Wildman–Crippen LogP) is 8.22. The topological polar surface area (TPSA) is 137 Å². The van der Waals surface area contributed by atoms with Crippen LogP contribution in [-0.2, 0) is 14.8 Å². The molecular weight excluding hydrogens is 809 g/mol. The third-order valence-corrected chi connectivity index (χ3v) is 16.7. The van der Waals surface area contributed by atoms with E-state index in [9.17, 15) is 23.3 Å². The van der Waals surface area contributed by atoms with Gasteiger partial charge in [-0.15, -0.1) is 11.8 Å². The largest absolute Gasteiger partial charge is 0.379 e. The number of amides is 1. The van der Waals surface area contributed by atoms with Gasteiger partial charge in [-0.2, -0.15) is 0 Å². The van der Waals surface area contributed by atoms with Gasteiger partial charge in [0.1, 0.15) is 5.69 Å². The highest BCUT2D eigenvalue weighted by Gasteiger charge is 2.68. The number of anilines is 2. The molecule has 5 fully saturated rings. The average Bonchev–Trinajstić information content (AvgIpc) is 3.22. The molecule has 0 aromatic heterocycles. The molecule has 3 aromatic carbocycles. The molecule has 2 aliphatic heterocycles. The van der Waals surface area contributed by atoms with E-state index in [4.69, 9.17) is 4.74 Å². The summed E-state index contributed by atoms with van der Waals surface area (Å²) in [6.45, 7) is 15.8. The minimum atomic E-state index is -4.42. The van der Waals surface area contributed by atoms with Crippen LogP contribution in [0.25, 0.3) is 0 Å². The molecule has 14 heteroatoms. The lowest BCUT2D eigenvalue weighted by molar-refractivity contribution is -0.384. The Morgan fingerprint density at radius 2 is 1.64 bits per heavy atom. The molecule has 3 aromatic rings. The Morgan fingerprint density at radius 3 is 2.31 bits per heavy atom. The Kier molecular flexibility index (Phi) is 12.9. The lowest BCUT2D eigenvalue weighted by Crippen LogP contribution is -2.63. The zero-order valence-electron chi connectivity index (χ0n) is 36.0. The fourth-order valence-corrected chi connectivity index (χ4v) is 12.5. The summed E-state index contributed by atoms with van der Waals surface area (Å²) in [5.41, 5.74) is 6.06. The summed E-state index contributed by atoms with van der Waals surface area (Å²) in [6, 6.07) is 20.6. The number of allylic oxidation sites excluding steroid dienone is 1. The number of nitrogens with zero attached hydrogens (tertiary/aromatic N) is 4. The van der Waals surface area contributed by atoms with Crippen molar-refractivity contribution in [3.63, 3.8) is 0 Å². The highest BCUT2D eigenvalue weighted by molar-refractivity contribution is 7.99. The van der Waals surface area contributed by atoms with Crippen LogP contribution in [0.15, 0.2) is 93.7 Å². The monoisotopic (exact) mass is 870 g/mol. The maximum absolute atomic E-state index is 13.5. The van der Waals surface area contributed by atoms with E-state index in [1.165, 1.54) is 57.1 Å². The van der Waals surface area contributed by atoms with Crippen molar-refractivity contribution in [1.29, 1.82) is 0 Å². The van der Waals surface area contributed by atoms with Gasteiger partial charge in [0.05, 0.1) is 23.0 Å². The molecule has 12 nitrogen and oxygen atoms in total. The second-order valence-electron chi connectivity index (χ2n) is 19.0. The van der Waals surface area contributed by atoms with Crippen LogP contribution in [0.1, 0.15) is 82.5 Å². The Hall–Kier alpha value is -3.95. The van der Waals surface area contributed by atoms with E-state index < -0.39 is 20.9 Å². The number of nitrogens with one attached hydrogen (secondary N) is 2. The van der Waals surface area contributed by atoms with Crippen LogP contribution in [0, 0.1) is 26.4 Å². The van der Waals surface area contributed by atoms with Crippen LogP contribution in [0.3, 0.4) is 0 Å². The van der Waals surface area contributed by atoms with Gasteiger partial charge in [-0.25, -0.2) is 13.1 Å². The van der Waals surface area contributed by atoms with Crippen LogP contribution >= 0.6 is 11.8 Å². The first-order valence-corrected chi connectivity index (χ1v) is 24.6. The molecule has 0 unspecified atom stereocenters. The number of carbonyl (C=O) groups excluding carboxylic acids is 1. The van der Waals surface area contributed by atoms with E-state index in [-0.39, 0.29) is 27.9 Å². The van der Waals surface area contributed by atoms with Gasteiger partial charge in [0.15, 0.2) is 0 Å². The summed E-state index contributed by atoms with van der Waals surface area (Å²) >= 11 is 1.65. The van der Waals surface area contributed by atoms with Crippen LogP contribution in [0.2, 0.25) is 0 Å². The summed E-state index contributed by atoms with van der Waals surface area (Å²) in [7, 11) is -4.42. The van der Waals surface area contributed by atoms with Gasteiger partial charge in [-0.3, -0.25) is 24.7 Å². The maximum Gasteiger partial charge on any atom is 0.293 e. The average molecular weight is 871 g/mol. The number of hydrogen-bond acceptors (Lipinski definition) is 11. The van der Waals surface area contributed by atoms with Crippen molar-refractivity contribution in [3.05, 3.63) is 99.6 Å². The standard InChI is InChI=1S/C47H62N6O6S2/c1-4-46-32-47(33-46,34-46)41-29-45(2,3)18-16-36(41)30-51-20-22-52(23-21-51)38-12-10-35(11-13-38)44(54)49-61(57,58)40-14-15-42(43(28-40)53(55)56)48-37(17-19-50-24-26-59-27-25-50)31-60-39-8-6-5-7-9-39/h5-15,28,37,48H,4,16-27,29-34H2,1-3H3,(H,49,54)/t37-,46?,47?/m1/s1. The number of thioether (sulfide) groups is 1. The van der Waals surface area contributed by atoms with Crippen molar-refractivity contribution in [2.45, 2.75) is 88.0 Å². The Balaban J connectivity index is 0.870. The zero-order chi connectivity index (χ0) is 42.8. The lowest BCUT2D eigenvalue weighted by Gasteiger charge is -2.73. The first-order chi connectivity index (χ1) is 29.2. The fraction of sp³-hybridized carbons (Fsp3) is 0.553. The minimum absolute atomic E-state index is 0.142. The molecule has 2 N–H and O–H groups in total. The van der Waals surface area contributed by atoms with Gasteiger partial charge >= 0.3 is 0 Å². The number of nitro groups is 1. The van der Waals surface area contributed by atoms with Crippen molar-refractivity contribution in [3.8, 4) is 0 Å². The summed E-state index contributed by atoms with van der Waals surface area (Å²) in [5.74, 6) is -0.148. The second-order valence-corrected chi connectivity index (χ2v) is 21.8. The van der Waals surface area contributed by atoms with Crippen LogP contribution < -0.4 is 14.9 Å². The summed E-state index contributed by atoms with van der Waals surface area (Å²) in [4.78, 5) is 33.0. The number of carbonyl (C=O) groups is 1. The van der Waals surface area contributed by atoms with Crippen LogP contribution in [0.5, 0.6) is 0 Å². The van der Waals surface area contributed by atoms with E-state index in [1.807, 2.05) is 42.5 Å².